The van der Waals surface area contributed by atoms with Gasteiger partial charge in [0, 0.05) is 24.7 Å². The molecule has 1 saturated heterocycles. The lowest BCUT2D eigenvalue weighted by Gasteiger charge is -2.33. The number of nitrogens with one attached hydrogen (secondary N) is 1. The highest BCUT2D eigenvalue weighted by Crippen LogP contribution is 2.29. The molecule has 33 heavy (non-hydrogen) atoms. The molecule has 0 aromatic heterocycles. The monoisotopic (exact) mass is 486 g/mol. The number of nitro benzene ring substituents is 1. The number of hydrogen-bond acceptors (Lipinski definition) is 5. The summed E-state index contributed by atoms with van der Waals surface area (Å²) in [4.78, 5) is 34.8. The van der Waals surface area contributed by atoms with E-state index >= 15 is 0 Å². The van der Waals surface area contributed by atoms with E-state index in [0.717, 1.165) is 18.6 Å². The SMILES string of the molecule is O=C(c1ccc(NC[C@@H]2CCCCN2C(=O)O)c([N+](=O)[O-])c1)N(CC(F)(F)F)CC(F)(F)F. The average Bonchev–Trinajstić information content (AvgIpc) is 2.69. The molecule has 2 N–H and O–H groups in total. The Morgan fingerprint density at radius 3 is 2.27 bits per heavy atom. The summed E-state index contributed by atoms with van der Waals surface area (Å²) in [5, 5.41) is 23.4. The number of anilines is 1. The largest absolute Gasteiger partial charge is 0.465 e. The molecule has 0 bridgehead atoms. The topological polar surface area (TPSA) is 116 Å². The molecule has 1 aliphatic rings. The molecule has 1 aliphatic heterocycles. The Morgan fingerprint density at radius 1 is 1.15 bits per heavy atom. The van der Waals surface area contributed by atoms with Crippen molar-refractivity contribution in [3.63, 3.8) is 0 Å². The van der Waals surface area contributed by atoms with Gasteiger partial charge in [0.15, 0.2) is 0 Å². The fourth-order valence-electron chi connectivity index (χ4n) is 3.47. The Bertz CT molecular complexity index is 876. The summed E-state index contributed by atoms with van der Waals surface area (Å²) >= 11 is 0. The highest BCUT2D eigenvalue weighted by Gasteiger charge is 2.40. The van der Waals surface area contributed by atoms with E-state index in [9.17, 15) is 51.2 Å². The van der Waals surface area contributed by atoms with Gasteiger partial charge >= 0.3 is 18.4 Å². The van der Waals surface area contributed by atoms with E-state index in [-0.39, 0.29) is 18.8 Å². The second-order valence-corrected chi connectivity index (χ2v) is 7.39. The van der Waals surface area contributed by atoms with E-state index in [2.05, 4.69) is 5.32 Å². The van der Waals surface area contributed by atoms with Gasteiger partial charge in [-0.3, -0.25) is 14.9 Å². The third-order valence-electron chi connectivity index (χ3n) is 4.87. The summed E-state index contributed by atoms with van der Waals surface area (Å²) in [5.74, 6) is -1.68. The smallest absolute Gasteiger partial charge is 0.407 e. The van der Waals surface area contributed by atoms with Crippen LogP contribution < -0.4 is 5.32 Å². The van der Waals surface area contributed by atoms with Crippen molar-refractivity contribution in [3.05, 3.63) is 33.9 Å². The first-order valence-corrected chi connectivity index (χ1v) is 9.62. The molecule has 0 saturated carbocycles. The number of rotatable bonds is 7. The predicted molar refractivity (Wildman–Crippen MR) is 102 cm³/mol. The fraction of sp³-hybridized carbons (Fsp3) is 0.556. The molecule has 0 radical (unpaired) electrons. The van der Waals surface area contributed by atoms with Gasteiger partial charge in [0.2, 0.25) is 0 Å². The minimum atomic E-state index is -5.12. The van der Waals surface area contributed by atoms with Gasteiger partial charge in [-0.25, -0.2) is 4.79 Å². The second kappa shape index (κ2) is 10.1. The molecular weight excluding hydrogens is 466 g/mol. The maximum absolute atomic E-state index is 12.7. The lowest BCUT2D eigenvalue weighted by Crippen LogP contribution is -2.46. The number of carboxylic acid groups (broad SMARTS) is 1. The number of piperidine rings is 1. The number of amides is 2. The molecule has 2 amide bonds. The summed E-state index contributed by atoms with van der Waals surface area (Å²) in [5.41, 5.74) is -1.64. The lowest BCUT2D eigenvalue weighted by atomic mass is 10.0. The van der Waals surface area contributed by atoms with Crippen molar-refractivity contribution in [1.82, 2.24) is 9.80 Å². The Labute approximate surface area is 183 Å². The Balaban J connectivity index is 2.26. The van der Waals surface area contributed by atoms with Crippen LogP contribution >= 0.6 is 0 Å². The van der Waals surface area contributed by atoms with Crippen LogP contribution in [-0.2, 0) is 0 Å². The van der Waals surface area contributed by atoms with E-state index in [4.69, 9.17) is 0 Å². The third-order valence-corrected chi connectivity index (χ3v) is 4.87. The van der Waals surface area contributed by atoms with Crippen molar-refractivity contribution in [2.75, 3.05) is 31.5 Å². The first-order valence-electron chi connectivity index (χ1n) is 9.62. The molecule has 0 aliphatic carbocycles. The number of halogens is 6. The lowest BCUT2D eigenvalue weighted by molar-refractivity contribution is -0.384. The van der Waals surface area contributed by atoms with Crippen molar-refractivity contribution in [2.45, 2.75) is 37.7 Å². The zero-order valence-corrected chi connectivity index (χ0v) is 16.9. The Kier molecular flexibility index (Phi) is 7.97. The molecule has 184 valence electrons. The maximum atomic E-state index is 12.7. The first kappa shape index (κ1) is 26.0. The summed E-state index contributed by atoms with van der Waals surface area (Å²) < 4.78 is 76.0. The van der Waals surface area contributed by atoms with Gasteiger partial charge in [0.25, 0.3) is 11.6 Å². The van der Waals surface area contributed by atoms with Crippen LogP contribution in [0.1, 0.15) is 29.6 Å². The Hall–Kier alpha value is -3.26. The molecular formula is C18H20F6N4O5. The van der Waals surface area contributed by atoms with Crippen molar-refractivity contribution in [1.29, 1.82) is 0 Å². The number of alkyl halides is 6. The number of likely N-dealkylation sites (tertiary alicyclic amines) is 1. The molecule has 2 rings (SSSR count). The molecule has 1 aromatic carbocycles. The fourth-order valence-corrected chi connectivity index (χ4v) is 3.47. The van der Waals surface area contributed by atoms with Gasteiger partial charge in [-0.05, 0) is 31.4 Å². The number of carbonyl (C=O) groups is 2. The maximum Gasteiger partial charge on any atom is 0.407 e. The van der Waals surface area contributed by atoms with Gasteiger partial charge in [-0.1, -0.05) is 0 Å². The number of hydrogen-bond donors (Lipinski definition) is 2. The van der Waals surface area contributed by atoms with Crippen LogP contribution in [0.5, 0.6) is 0 Å². The normalized spacial score (nSPS) is 16.9. The van der Waals surface area contributed by atoms with Crippen molar-refractivity contribution in [3.8, 4) is 0 Å². The van der Waals surface area contributed by atoms with Crippen LogP contribution in [0.25, 0.3) is 0 Å². The van der Waals surface area contributed by atoms with Crippen LogP contribution in [0, 0.1) is 10.1 Å². The second-order valence-electron chi connectivity index (χ2n) is 7.39. The molecule has 1 heterocycles. The van der Waals surface area contributed by atoms with Gasteiger partial charge in [0.1, 0.15) is 18.8 Å². The van der Waals surface area contributed by atoms with Crippen LogP contribution in [0.3, 0.4) is 0 Å². The molecule has 1 fully saturated rings. The minimum absolute atomic E-state index is 0.0191. The zero-order chi connectivity index (χ0) is 25.0. The third kappa shape index (κ3) is 7.68. The number of benzene rings is 1. The molecule has 15 heteroatoms. The summed E-state index contributed by atoms with van der Waals surface area (Å²) in [6, 6.07) is 1.94. The van der Waals surface area contributed by atoms with E-state index < -0.39 is 64.6 Å². The standard InChI is InChI=1S/C18H20F6N4O5/c19-17(20,21)9-26(10-18(22,23)24)15(29)11-4-5-13(14(7-11)28(32)33)25-8-12-3-1-2-6-27(12)16(30)31/h4-5,7,12,25H,1-3,6,8-10H2,(H,30,31)/t12-/m0/s1. The van der Waals surface area contributed by atoms with Crippen LogP contribution in [-0.4, -0.2) is 76.4 Å². The summed E-state index contributed by atoms with van der Waals surface area (Å²) in [7, 11) is 0. The van der Waals surface area contributed by atoms with Gasteiger partial charge < -0.3 is 20.2 Å². The highest BCUT2D eigenvalue weighted by atomic mass is 19.4. The van der Waals surface area contributed by atoms with Gasteiger partial charge in [-0.15, -0.1) is 0 Å². The van der Waals surface area contributed by atoms with Gasteiger partial charge in [-0.2, -0.15) is 26.3 Å². The summed E-state index contributed by atoms with van der Waals surface area (Å²) in [6.07, 6.45) is -9.51. The van der Waals surface area contributed by atoms with E-state index in [1.54, 1.807) is 0 Å². The number of nitrogens with zero attached hydrogens (tertiary/aromatic N) is 3. The average molecular weight is 486 g/mol. The summed E-state index contributed by atoms with van der Waals surface area (Å²) in [6.45, 7) is -4.11. The van der Waals surface area contributed by atoms with Crippen molar-refractivity contribution < 1.29 is 46.0 Å². The van der Waals surface area contributed by atoms with E-state index in [0.29, 0.717) is 18.9 Å². The molecule has 0 unspecified atom stereocenters. The van der Waals surface area contributed by atoms with Crippen molar-refractivity contribution >= 4 is 23.4 Å². The highest BCUT2D eigenvalue weighted by molar-refractivity contribution is 5.95. The van der Waals surface area contributed by atoms with Crippen LogP contribution in [0.2, 0.25) is 0 Å². The number of carbonyl (C=O) groups excluding carboxylic acids is 1. The quantitative estimate of drug-likeness (QED) is 0.341. The van der Waals surface area contributed by atoms with Crippen molar-refractivity contribution in [2.24, 2.45) is 0 Å². The zero-order valence-electron chi connectivity index (χ0n) is 16.9. The molecule has 0 spiro atoms. The number of nitro groups is 1. The van der Waals surface area contributed by atoms with E-state index in [1.165, 1.54) is 4.90 Å². The Morgan fingerprint density at radius 2 is 1.76 bits per heavy atom. The van der Waals surface area contributed by atoms with E-state index in [1.807, 2.05) is 0 Å². The molecule has 9 nitrogen and oxygen atoms in total. The minimum Gasteiger partial charge on any atom is -0.465 e. The first-order chi connectivity index (χ1) is 15.2. The van der Waals surface area contributed by atoms with Crippen LogP contribution in [0.15, 0.2) is 18.2 Å². The van der Waals surface area contributed by atoms with Crippen LogP contribution in [0.4, 0.5) is 42.5 Å². The molecule has 1 aromatic rings. The van der Waals surface area contributed by atoms with Gasteiger partial charge in [0.05, 0.1) is 11.0 Å². The molecule has 1 atom stereocenters. The predicted octanol–water partition coefficient (Wildman–Crippen LogP) is 4.11.